The van der Waals surface area contributed by atoms with Crippen LogP contribution in [0.3, 0.4) is 0 Å². The molecule has 4 heterocycles. The number of carbonyl (C=O) groups is 2. The fourth-order valence-electron chi connectivity index (χ4n) is 6.06. The fraction of sp³-hybridized carbons (Fsp3) is 0.824. The molecule has 21 nitrogen and oxygen atoms in total. The van der Waals surface area contributed by atoms with E-state index in [0.29, 0.717) is 0 Å². The molecule has 0 saturated carbocycles. The Hall–Kier alpha value is -2.26. The number of aliphatic hydroxyl groups excluding tert-OH is 9. The number of rotatable bonds is 15. The van der Waals surface area contributed by atoms with E-state index in [2.05, 4.69) is 6.58 Å². The summed E-state index contributed by atoms with van der Waals surface area (Å²) >= 11 is 0. The lowest BCUT2D eigenvalue weighted by atomic mass is 9.97. The van der Waals surface area contributed by atoms with E-state index in [0.717, 1.165) is 0 Å². The average Bonchev–Trinajstić information content (AvgIpc) is 3.15. The molecule has 0 aromatic rings. The maximum atomic E-state index is 13.2. The second-order valence-electron chi connectivity index (χ2n) is 14.0. The van der Waals surface area contributed by atoms with Gasteiger partial charge >= 0.3 is 11.9 Å². The molecule has 0 bridgehead atoms. The van der Waals surface area contributed by atoms with Gasteiger partial charge in [-0.1, -0.05) is 19.1 Å². The van der Waals surface area contributed by atoms with Crippen LogP contribution in [0.4, 0.5) is 0 Å². The van der Waals surface area contributed by atoms with Crippen LogP contribution in [-0.2, 0) is 52.2 Å². The van der Waals surface area contributed by atoms with Crippen LogP contribution in [0.2, 0.25) is 0 Å². The van der Waals surface area contributed by atoms with Gasteiger partial charge in [-0.2, -0.15) is 0 Å². The summed E-state index contributed by atoms with van der Waals surface area (Å²) < 4.78 is 49.8. The normalized spacial score (nSPS) is 42.6. The number of hydrogen-bond acceptors (Lipinski definition) is 21. The van der Waals surface area contributed by atoms with Crippen LogP contribution in [0.1, 0.15) is 40.0 Å². The van der Waals surface area contributed by atoms with Gasteiger partial charge in [-0.15, -0.1) is 6.58 Å². The largest absolute Gasteiger partial charge is 0.453 e. The van der Waals surface area contributed by atoms with Crippen LogP contribution < -0.4 is 0 Å². The van der Waals surface area contributed by atoms with E-state index in [1.807, 2.05) is 0 Å². The minimum absolute atomic E-state index is 0.0652. The molecule has 10 N–H and O–H groups in total. The van der Waals surface area contributed by atoms with Gasteiger partial charge in [0.05, 0.1) is 32.0 Å². The van der Waals surface area contributed by atoms with Gasteiger partial charge in [-0.25, -0.2) is 4.79 Å². The van der Waals surface area contributed by atoms with Crippen LogP contribution in [-0.4, -0.2) is 200 Å². The Bertz CT molecular complexity index is 1300. The second-order valence-corrected chi connectivity index (χ2v) is 14.0. The first-order chi connectivity index (χ1) is 25.9. The molecule has 0 aromatic carbocycles. The Kier molecular flexibility index (Phi) is 16.5. The highest BCUT2D eigenvalue weighted by Gasteiger charge is 2.54. The number of allylic oxidation sites excluding steroid dienone is 1. The highest BCUT2D eigenvalue weighted by molar-refractivity contribution is 5.87. The number of ether oxygens (including phenoxy) is 9. The zero-order chi connectivity index (χ0) is 40.8. The standard InChI is InChI=1S/C34H54O21/c1-5-19(38)52-33-28(27(22(41)17(10-35)50-33)53-29(45)14(3)8-7-9-34(4,46)6-2)55-31-24(43)21(40)18(13-49-31)51-32-25(44)26(16(37)12-48-32)54-30-23(42)20(39)15(36)11-47-30/h6,8,15-18,20-28,30-33,35-37,39-44,46H,2,5,7,9-13H2,1,3-4H3. The van der Waals surface area contributed by atoms with Crippen molar-refractivity contribution in [1.29, 1.82) is 0 Å². The summed E-state index contributed by atoms with van der Waals surface area (Å²) in [6, 6.07) is 0. The molecule has 4 rings (SSSR count). The van der Waals surface area contributed by atoms with Crippen LogP contribution in [0.15, 0.2) is 24.3 Å². The molecule has 21 heteroatoms. The SMILES string of the molecule is C=CC(C)(O)CCC=C(C)C(=O)OC1C(O)C(CO)OC(OC(=O)CC)C1OC1OCC(OC2OCC(O)C(OC3OCC(O)C(O)C3O)C2O)C(O)C1O. The van der Waals surface area contributed by atoms with E-state index in [1.165, 1.54) is 32.9 Å². The third-order valence-electron chi connectivity index (χ3n) is 9.65. The minimum Gasteiger partial charge on any atom is -0.453 e. The van der Waals surface area contributed by atoms with Crippen LogP contribution in [0, 0.1) is 0 Å². The molecule has 4 fully saturated rings. The lowest BCUT2D eigenvalue weighted by molar-refractivity contribution is -0.369. The van der Waals surface area contributed by atoms with Crippen LogP contribution in [0.25, 0.3) is 0 Å². The Balaban J connectivity index is 1.46. The molecule has 0 amide bonds. The monoisotopic (exact) mass is 798 g/mol. The first kappa shape index (κ1) is 45.4. The summed E-state index contributed by atoms with van der Waals surface area (Å²) in [7, 11) is 0. The van der Waals surface area contributed by atoms with Crippen molar-refractivity contribution >= 4 is 11.9 Å². The smallest absolute Gasteiger partial charge is 0.333 e. The minimum atomic E-state index is -1.96. The van der Waals surface area contributed by atoms with E-state index in [1.54, 1.807) is 0 Å². The summed E-state index contributed by atoms with van der Waals surface area (Å²) in [6.45, 7) is 5.75. The molecule has 316 valence electrons. The van der Waals surface area contributed by atoms with Gasteiger partial charge < -0.3 is 93.7 Å². The number of carbonyl (C=O) groups excluding carboxylic acids is 2. The van der Waals surface area contributed by atoms with Crippen molar-refractivity contribution in [2.24, 2.45) is 0 Å². The lowest BCUT2D eigenvalue weighted by Crippen LogP contribution is -2.65. The lowest BCUT2D eigenvalue weighted by Gasteiger charge is -2.46. The van der Waals surface area contributed by atoms with Crippen molar-refractivity contribution in [3.05, 3.63) is 24.3 Å². The van der Waals surface area contributed by atoms with Gasteiger partial charge in [0.1, 0.15) is 67.1 Å². The van der Waals surface area contributed by atoms with Gasteiger partial charge in [0, 0.05) is 12.0 Å². The van der Waals surface area contributed by atoms with Crippen LogP contribution >= 0.6 is 0 Å². The first-order valence-corrected chi connectivity index (χ1v) is 17.9. The highest BCUT2D eigenvalue weighted by Crippen LogP contribution is 2.33. The van der Waals surface area contributed by atoms with Gasteiger partial charge in [0.2, 0.25) is 6.29 Å². The van der Waals surface area contributed by atoms with Gasteiger partial charge in [-0.05, 0) is 26.7 Å². The summed E-state index contributed by atoms with van der Waals surface area (Å²) in [5.41, 5.74) is -1.14. The zero-order valence-electron chi connectivity index (χ0n) is 30.6. The van der Waals surface area contributed by atoms with E-state index in [-0.39, 0.29) is 24.8 Å². The highest BCUT2D eigenvalue weighted by atomic mass is 16.8. The van der Waals surface area contributed by atoms with E-state index < -0.39 is 148 Å². The predicted molar refractivity (Wildman–Crippen MR) is 178 cm³/mol. The third-order valence-corrected chi connectivity index (χ3v) is 9.65. The summed E-state index contributed by atoms with van der Waals surface area (Å²) in [5.74, 6) is -1.76. The molecule has 0 aromatic heterocycles. The zero-order valence-corrected chi connectivity index (χ0v) is 30.6. The molecular formula is C34H54O21. The van der Waals surface area contributed by atoms with Gasteiger partial charge in [-0.3, -0.25) is 4.79 Å². The summed E-state index contributed by atoms with van der Waals surface area (Å²) in [6.07, 6.45) is -25.0. The molecule has 4 aliphatic heterocycles. The Morgan fingerprint density at radius 2 is 1.33 bits per heavy atom. The number of hydrogen-bond donors (Lipinski definition) is 10. The number of aliphatic hydroxyl groups is 10. The van der Waals surface area contributed by atoms with E-state index in [9.17, 15) is 60.7 Å². The van der Waals surface area contributed by atoms with Crippen molar-refractivity contribution in [3.63, 3.8) is 0 Å². The van der Waals surface area contributed by atoms with E-state index in [4.69, 9.17) is 42.6 Å². The van der Waals surface area contributed by atoms with Gasteiger partial charge in [0.25, 0.3) is 0 Å². The quantitative estimate of drug-likeness (QED) is 0.0423. The Morgan fingerprint density at radius 1 is 0.745 bits per heavy atom. The van der Waals surface area contributed by atoms with Crippen molar-refractivity contribution in [2.75, 3.05) is 26.4 Å². The van der Waals surface area contributed by atoms with Crippen molar-refractivity contribution in [2.45, 2.75) is 150 Å². The van der Waals surface area contributed by atoms with Crippen molar-refractivity contribution in [3.8, 4) is 0 Å². The molecule has 0 spiro atoms. The van der Waals surface area contributed by atoms with E-state index >= 15 is 0 Å². The maximum Gasteiger partial charge on any atom is 0.333 e. The molecule has 0 aliphatic carbocycles. The molecule has 55 heavy (non-hydrogen) atoms. The molecule has 18 unspecified atom stereocenters. The van der Waals surface area contributed by atoms with Crippen molar-refractivity contribution < 1.29 is 103 Å². The fourth-order valence-corrected chi connectivity index (χ4v) is 6.06. The number of esters is 2. The average molecular weight is 799 g/mol. The molecule has 4 saturated heterocycles. The third kappa shape index (κ3) is 11.2. The second kappa shape index (κ2) is 19.9. The molecule has 4 aliphatic rings. The molecule has 0 radical (unpaired) electrons. The Labute approximate surface area is 316 Å². The summed E-state index contributed by atoms with van der Waals surface area (Å²) in [4.78, 5) is 25.6. The van der Waals surface area contributed by atoms with Crippen LogP contribution in [0.5, 0.6) is 0 Å². The topological polar surface area (TPSA) is 320 Å². The maximum absolute atomic E-state index is 13.2. The van der Waals surface area contributed by atoms with Gasteiger partial charge in [0.15, 0.2) is 31.1 Å². The van der Waals surface area contributed by atoms with Crippen molar-refractivity contribution in [1.82, 2.24) is 0 Å². The first-order valence-electron chi connectivity index (χ1n) is 17.9. The molecule has 18 atom stereocenters. The summed E-state index contributed by atoms with van der Waals surface area (Å²) in [5, 5.41) is 105. The molecular weight excluding hydrogens is 744 g/mol. The Morgan fingerprint density at radius 3 is 1.95 bits per heavy atom. The predicted octanol–water partition coefficient (Wildman–Crippen LogP) is -4.66.